The zero-order valence-electron chi connectivity index (χ0n) is 17.3. The highest BCUT2D eigenvalue weighted by Gasteiger charge is 2.12. The van der Waals surface area contributed by atoms with Gasteiger partial charge in [-0.25, -0.2) is 9.97 Å². The van der Waals surface area contributed by atoms with Gasteiger partial charge in [-0.3, -0.25) is 0 Å². The molecule has 0 spiro atoms. The Kier molecular flexibility index (Phi) is 6.99. The zero-order valence-corrected chi connectivity index (χ0v) is 18.1. The van der Waals surface area contributed by atoms with E-state index >= 15 is 0 Å². The predicted octanol–water partition coefficient (Wildman–Crippen LogP) is 6.88. The highest BCUT2D eigenvalue weighted by molar-refractivity contribution is 7.99. The molecule has 0 unspecified atom stereocenters. The van der Waals surface area contributed by atoms with Crippen LogP contribution in [0.2, 0.25) is 0 Å². The Balaban J connectivity index is 1.60. The standard InChI is InChI=1S/C23H26N4OS/c1-5-29-21-14-24-16-25-22(21)28-15-17-6-10-19(11-7-17)26-27-20-12-8-18(9-13-20)23(2,3)4/h6-14,16H,5,15H2,1-4H3. The number of thioether (sulfide) groups is 1. The molecular formula is C23H26N4OS. The first-order valence-corrected chi connectivity index (χ1v) is 10.6. The molecular weight excluding hydrogens is 380 g/mol. The molecule has 1 heterocycles. The molecule has 0 aliphatic rings. The average molecular weight is 407 g/mol. The number of benzene rings is 2. The normalized spacial score (nSPS) is 11.7. The van der Waals surface area contributed by atoms with Crippen molar-refractivity contribution < 1.29 is 4.74 Å². The Hall–Kier alpha value is -2.73. The van der Waals surface area contributed by atoms with Crippen molar-refractivity contribution in [2.75, 3.05) is 5.75 Å². The minimum atomic E-state index is 0.134. The highest BCUT2D eigenvalue weighted by Crippen LogP contribution is 2.27. The Bertz CT molecular complexity index is 948. The van der Waals surface area contributed by atoms with Crippen molar-refractivity contribution in [2.24, 2.45) is 10.2 Å². The molecule has 3 rings (SSSR count). The first kappa shape index (κ1) is 21.0. The molecule has 1 aromatic heterocycles. The second-order valence-corrected chi connectivity index (χ2v) is 8.88. The number of rotatable bonds is 7. The second-order valence-electron chi connectivity index (χ2n) is 7.58. The molecule has 0 fully saturated rings. The maximum Gasteiger partial charge on any atom is 0.230 e. The van der Waals surface area contributed by atoms with Crippen LogP contribution in [0, 0.1) is 0 Å². The Morgan fingerprint density at radius 2 is 1.55 bits per heavy atom. The minimum absolute atomic E-state index is 0.134. The first-order chi connectivity index (χ1) is 14.0. The quantitative estimate of drug-likeness (QED) is 0.317. The van der Waals surface area contributed by atoms with Gasteiger partial charge in [0.05, 0.1) is 16.3 Å². The number of azo groups is 1. The number of hydrogen-bond acceptors (Lipinski definition) is 6. The topological polar surface area (TPSA) is 59.7 Å². The van der Waals surface area contributed by atoms with Gasteiger partial charge in [-0.1, -0.05) is 52.0 Å². The highest BCUT2D eigenvalue weighted by atomic mass is 32.2. The van der Waals surface area contributed by atoms with Gasteiger partial charge < -0.3 is 4.74 Å². The van der Waals surface area contributed by atoms with Crippen LogP contribution in [-0.4, -0.2) is 15.7 Å². The fourth-order valence-electron chi connectivity index (χ4n) is 2.62. The van der Waals surface area contributed by atoms with Gasteiger partial charge in [0.2, 0.25) is 5.88 Å². The van der Waals surface area contributed by atoms with E-state index in [9.17, 15) is 0 Å². The maximum atomic E-state index is 5.86. The summed E-state index contributed by atoms with van der Waals surface area (Å²) in [7, 11) is 0. The fraction of sp³-hybridized carbons (Fsp3) is 0.304. The van der Waals surface area contributed by atoms with Crippen LogP contribution >= 0.6 is 11.8 Å². The molecule has 0 aliphatic heterocycles. The van der Waals surface area contributed by atoms with Gasteiger partial charge in [0, 0.05) is 6.20 Å². The minimum Gasteiger partial charge on any atom is -0.472 e. The van der Waals surface area contributed by atoms with Crippen LogP contribution < -0.4 is 4.74 Å². The monoisotopic (exact) mass is 406 g/mol. The van der Waals surface area contributed by atoms with Gasteiger partial charge in [-0.05, 0) is 46.6 Å². The number of aromatic nitrogens is 2. The van der Waals surface area contributed by atoms with Crippen LogP contribution in [0.1, 0.15) is 38.8 Å². The van der Waals surface area contributed by atoms with Crippen molar-refractivity contribution >= 4 is 23.1 Å². The molecule has 150 valence electrons. The Morgan fingerprint density at radius 3 is 2.14 bits per heavy atom. The van der Waals surface area contributed by atoms with E-state index in [-0.39, 0.29) is 5.41 Å². The van der Waals surface area contributed by atoms with Crippen molar-refractivity contribution in [2.45, 2.75) is 44.6 Å². The molecule has 0 amide bonds. The van der Waals surface area contributed by atoms with Gasteiger partial charge in [0.15, 0.2) is 0 Å². The maximum absolute atomic E-state index is 5.86. The van der Waals surface area contributed by atoms with Crippen molar-refractivity contribution in [1.82, 2.24) is 9.97 Å². The third-order valence-corrected chi connectivity index (χ3v) is 5.15. The smallest absolute Gasteiger partial charge is 0.230 e. The predicted molar refractivity (Wildman–Crippen MR) is 119 cm³/mol. The van der Waals surface area contributed by atoms with Crippen molar-refractivity contribution in [3.63, 3.8) is 0 Å². The van der Waals surface area contributed by atoms with Crippen molar-refractivity contribution in [3.8, 4) is 5.88 Å². The van der Waals surface area contributed by atoms with E-state index in [1.165, 1.54) is 11.9 Å². The summed E-state index contributed by atoms with van der Waals surface area (Å²) in [5.74, 6) is 1.57. The molecule has 3 aromatic rings. The van der Waals surface area contributed by atoms with Gasteiger partial charge >= 0.3 is 0 Å². The van der Waals surface area contributed by atoms with Crippen LogP contribution in [-0.2, 0) is 12.0 Å². The SMILES string of the molecule is CCSc1cncnc1OCc1ccc(N=Nc2ccc(C(C)(C)C)cc2)cc1. The van der Waals surface area contributed by atoms with Gasteiger partial charge in [-0.2, -0.15) is 10.2 Å². The summed E-state index contributed by atoms with van der Waals surface area (Å²) in [4.78, 5) is 9.24. The van der Waals surface area contributed by atoms with E-state index in [1.807, 2.05) is 36.4 Å². The summed E-state index contributed by atoms with van der Waals surface area (Å²) in [5, 5.41) is 8.66. The average Bonchev–Trinajstić information content (AvgIpc) is 2.72. The Morgan fingerprint density at radius 1 is 0.931 bits per heavy atom. The third-order valence-electron chi connectivity index (χ3n) is 4.27. The van der Waals surface area contributed by atoms with Crippen LogP contribution in [0.25, 0.3) is 0 Å². The van der Waals surface area contributed by atoms with Gasteiger partial charge in [0.25, 0.3) is 0 Å². The molecule has 0 aliphatic carbocycles. The van der Waals surface area contributed by atoms with E-state index in [0.29, 0.717) is 12.5 Å². The van der Waals surface area contributed by atoms with Crippen molar-refractivity contribution in [1.29, 1.82) is 0 Å². The van der Waals surface area contributed by atoms with Crippen LogP contribution in [0.3, 0.4) is 0 Å². The molecule has 0 N–H and O–H groups in total. The fourth-order valence-corrected chi connectivity index (χ4v) is 3.30. The summed E-state index contributed by atoms with van der Waals surface area (Å²) in [6.07, 6.45) is 3.29. The van der Waals surface area contributed by atoms with E-state index in [2.05, 4.69) is 60.0 Å². The lowest BCUT2D eigenvalue weighted by molar-refractivity contribution is 0.285. The van der Waals surface area contributed by atoms with Crippen LogP contribution in [0.15, 0.2) is 76.2 Å². The van der Waals surface area contributed by atoms with E-state index in [4.69, 9.17) is 4.74 Å². The molecule has 0 saturated heterocycles. The summed E-state index contributed by atoms with van der Waals surface area (Å²) in [6.45, 7) is 9.13. The van der Waals surface area contributed by atoms with Gasteiger partial charge in [0.1, 0.15) is 12.9 Å². The largest absolute Gasteiger partial charge is 0.472 e. The Labute approximate surface area is 176 Å². The molecule has 2 aromatic carbocycles. The second kappa shape index (κ2) is 9.65. The summed E-state index contributed by atoms with van der Waals surface area (Å²) in [6, 6.07) is 16.1. The molecule has 0 saturated carbocycles. The van der Waals surface area contributed by atoms with Crippen molar-refractivity contribution in [3.05, 3.63) is 72.2 Å². The molecule has 5 nitrogen and oxygen atoms in total. The lowest BCUT2D eigenvalue weighted by Gasteiger charge is -2.18. The number of hydrogen-bond donors (Lipinski definition) is 0. The summed E-state index contributed by atoms with van der Waals surface area (Å²) in [5.41, 5.74) is 4.11. The lowest BCUT2D eigenvalue weighted by Crippen LogP contribution is -2.10. The molecule has 6 heteroatoms. The summed E-state index contributed by atoms with van der Waals surface area (Å²) >= 11 is 1.67. The molecule has 0 atom stereocenters. The van der Waals surface area contributed by atoms with Gasteiger partial charge in [-0.15, -0.1) is 11.8 Å². The third kappa shape index (κ3) is 6.12. The molecule has 29 heavy (non-hydrogen) atoms. The van der Waals surface area contributed by atoms with E-state index in [0.717, 1.165) is 27.6 Å². The number of nitrogens with zero attached hydrogens (tertiary/aromatic N) is 4. The molecule has 0 radical (unpaired) electrons. The van der Waals surface area contributed by atoms with Crippen LogP contribution in [0.4, 0.5) is 11.4 Å². The lowest BCUT2D eigenvalue weighted by atomic mass is 9.87. The van der Waals surface area contributed by atoms with E-state index < -0.39 is 0 Å². The van der Waals surface area contributed by atoms with Crippen LogP contribution in [0.5, 0.6) is 5.88 Å². The number of ether oxygens (including phenoxy) is 1. The summed E-state index contributed by atoms with van der Waals surface area (Å²) < 4.78 is 5.86. The molecule has 0 bridgehead atoms. The first-order valence-electron chi connectivity index (χ1n) is 9.62. The van der Waals surface area contributed by atoms with E-state index in [1.54, 1.807) is 18.0 Å². The zero-order chi connectivity index (χ0) is 20.7.